The molecule has 0 bridgehead atoms. The van der Waals surface area contributed by atoms with E-state index in [1.807, 2.05) is 30.3 Å². The topological polar surface area (TPSA) is 52.5 Å². The van der Waals surface area contributed by atoms with Crippen molar-refractivity contribution < 1.29 is 0 Å². The maximum Gasteiger partial charge on any atom is 0.180 e. The fraction of sp³-hybridized carbons (Fsp3) is 0. The lowest BCUT2D eigenvalue weighted by Crippen LogP contribution is -2.75. The van der Waals surface area contributed by atoms with Gasteiger partial charge in [0.2, 0.25) is 0 Å². The predicted molar refractivity (Wildman–Crippen MR) is 199 cm³/mol. The average Bonchev–Trinajstić information content (AvgIpc) is 3.50. The van der Waals surface area contributed by atoms with Gasteiger partial charge < -0.3 is 4.57 Å². The molecule has 0 radical (unpaired) electrons. The lowest BCUT2D eigenvalue weighted by molar-refractivity contribution is 1.18. The minimum Gasteiger partial charge on any atom is -0.309 e. The maximum absolute atomic E-state index is 10.8. The molecule has 1 heterocycles. The van der Waals surface area contributed by atoms with Crippen LogP contribution in [0.25, 0.3) is 38.6 Å². The van der Waals surface area contributed by atoms with Gasteiger partial charge in [0.05, 0.1) is 34.3 Å². The largest absolute Gasteiger partial charge is 0.309 e. The smallest absolute Gasteiger partial charge is 0.180 e. The van der Waals surface area contributed by atoms with Gasteiger partial charge in [0.15, 0.2) is 8.07 Å². The van der Waals surface area contributed by atoms with Crippen molar-refractivity contribution in [1.29, 1.82) is 10.5 Å². The van der Waals surface area contributed by atoms with E-state index in [1.54, 1.807) is 0 Å². The fourth-order valence-corrected chi connectivity index (χ4v) is 12.2. The lowest BCUT2D eigenvalue weighted by atomic mass is 10.0. The molecule has 0 aliphatic heterocycles. The lowest BCUT2D eigenvalue weighted by Gasteiger charge is -2.35. The monoisotopic (exact) mass is 627 g/mol. The number of benzene rings is 7. The van der Waals surface area contributed by atoms with Gasteiger partial charge in [-0.15, -0.1) is 0 Å². The summed E-state index contributed by atoms with van der Waals surface area (Å²) in [5.74, 6) is 0. The van der Waals surface area contributed by atoms with Crippen molar-refractivity contribution in [3.05, 3.63) is 187 Å². The normalized spacial score (nSPS) is 11.3. The molecule has 0 amide bonds. The number of hydrogen-bond acceptors (Lipinski definition) is 2. The van der Waals surface area contributed by atoms with E-state index < -0.39 is 8.07 Å². The molecule has 0 fully saturated rings. The molecular formula is C44H29N3Si. The Hall–Kier alpha value is -6.46. The van der Waals surface area contributed by atoms with Gasteiger partial charge in [-0.3, -0.25) is 0 Å². The molecule has 3 nitrogen and oxygen atoms in total. The highest BCUT2D eigenvalue weighted by Gasteiger charge is 2.42. The summed E-state index contributed by atoms with van der Waals surface area (Å²) in [6.45, 7) is 0. The van der Waals surface area contributed by atoms with Crippen LogP contribution in [-0.2, 0) is 0 Å². The minimum absolute atomic E-state index is 0.649. The van der Waals surface area contributed by atoms with Crippen LogP contribution >= 0.6 is 0 Å². The number of hydrogen-bond donors (Lipinski definition) is 0. The minimum atomic E-state index is -2.84. The highest BCUT2D eigenvalue weighted by atomic mass is 28.3. The zero-order valence-corrected chi connectivity index (χ0v) is 27.1. The van der Waals surface area contributed by atoms with Crippen molar-refractivity contribution in [1.82, 2.24) is 4.57 Å². The van der Waals surface area contributed by atoms with Gasteiger partial charge in [-0.1, -0.05) is 133 Å². The molecule has 224 valence electrons. The third-order valence-corrected chi connectivity index (χ3v) is 14.3. The Bertz CT molecular complexity index is 2410. The summed E-state index contributed by atoms with van der Waals surface area (Å²) in [6.07, 6.45) is 0. The Kier molecular flexibility index (Phi) is 7.27. The number of para-hydroxylation sites is 1. The van der Waals surface area contributed by atoms with Gasteiger partial charge in [-0.2, -0.15) is 10.5 Å². The van der Waals surface area contributed by atoms with Crippen molar-refractivity contribution in [2.24, 2.45) is 0 Å². The first kappa shape index (κ1) is 29.0. The molecule has 7 aromatic carbocycles. The summed E-state index contributed by atoms with van der Waals surface area (Å²) in [5, 5.41) is 27.3. The first-order valence-corrected chi connectivity index (χ1v) is 18.0. The molecule has 0 aliphatic carbocycles. The molecule has 1 aromatic heterocycles. The second kappa shape index (κ2) is 12.0. The number of nitrogens with zero attached hydrogens (tertiary/aromatic N) is 3. The highest BCUT2D eigenvalue weighted by Crippen LogP contribution is 2.33. The van der Waals surface area contributed by atoms with E-state index in [-0.39, 0.29) is 0 Å². The Morgan fingerprint density at radius 2 is 0.979 bits per heavy atom. The van der Waals surface area contributed by atoms with Crippen molar-refractivity contribution in [3.63, 3.8) is 0 Å². The molecule has 0 spiro atoms. The zero-order valence-electron chi connectivity index (χ0n) is 26.1. The van der Waals surface area contributed by atoms with Crippen LogP contribution in [0.5, 0.6) is 0 Å². The van der Waals surface area contributed by atoms with Crippen LogP contribution in [0.4, 0.5) is 0 Å². The van der Waals surface area contributed by atoms with E-state index in [2.05, 4.69) is 162 Å². The maximum atomic E-state index is 10.8. The summed E-state index contributed by atoms with van der Waals surface area (Å²) >= 11 is 0. The molecule has 8 rings (SSSR count). The van der Waals surface area contributed by atoms with Crippen molar-refractivity contribution >= 4 is 50.6 Å². The molecule has 4 heteroatoms. The summed E-state index contributed by atoms with van der Waals surface area (Å²) in [4.78, 5) is 0. The number of aromatic nitrogens is 1. The Labute approximate surface area is 280 Å². The molecule has 0 atom stereocenters. The third kappa shape index (κ3) is 4.64. The van der Waals surface area contributed by atoms with Crippen molar-refractivity contribution in [2.75, 3.05) is 0 Å². The number of fused-ring (bicyclic) bond motifs is 3. The van der Waals surface area contributed by atoms with Crippen LogP contribution in [0.3, 0.4) is 0 Å². The first-order valence-electron chi connectivity index (χ1n) is 16.0. The molecule has 0 aliphatic rings. The van der Waals surface area contributed by atoms with Gasteiger partial charge in [0.1, 0.15) is 0 Å². The van der Waals surface area contributed by atoms with E-state index in [0.717, 1.165) is 43.8 Å². The third-order valence-electron chi connectivity index (χ3n) is 9.42. The average molecular weight is 628 g/mol. The van der Waals surface area contributed by atoms with Crippen LogP contribution in [0.15, 0.2) is 176 Å². The molecule has 0 saturated heterocycles. The van der Waals surface area contributed by atoms with E-state index in [9.17, 15) is 10.5 Å². The summed E-state index contributed by atoms with van der Waals surface area (Å²) in [5.41, 5.74) is 6.57. The quantitative estimate of drug-likeness (QED) is 0.141. The van der Waals surface area contributed by atoms with Crippen LogP contribution in [0, 0.1) is 22.7 Å². The molecule has 0 unspecified atom stereocenters. The van der Waals surface area contributed by atoms with E-state index in [0.29, 0.717) is 11.1 Å². The molecule has 0 N–H and O–H groups in total. The van der Waals surface area contributed by atoms with Crippen LogP contribution in [-0.4, -0.2) is 12.6 Å². The Morgan fingerprint density at radius 3 is 1.56 bits per heavy atom. The van der Waals surface area contributed by atoms with Crippen molar-refractivity contribution in [3.8, 4) is 29.0 Å². The predicted octanol–water partition coefficient (Wildman–Crippen LogP) is 7.57. The Morgan fingerprint density at radius 1 is 0.438 bits per heavy atom. The summed E-state index contributed by atoms with van der Waals surface area (Å²) < 4.78 is 2.25. The second-order valence-electron chi connectivity index (χ2n) is 12.0. The standard InChI is InChI=1S/C44H29N3Si/c45-30-32-20-26-43-41(28-32)40-18-10-11-19-42(40)47(43)36-24-21-33(22-25-36)34-23-27-44(35(29-34)31-46)48(37-12-4-1-5-13-37,38-14-6-2-7-15-38)39-16-8-3-9-17-39/h1-29H. The molecule has 8 aromatic rings. The SMILES string of the molecule is N#Cc1ccc2c(c1)c1ccccc1n2-c1ccc(-c2ccc([Si](c3ccccc3)(c3ccccc3)c3ccccc3)c(C#N)c2)cc1. The van der Waals surface area contributed by atoms with Gasteiger partial charge >= 0.3 is 0 Å². The van der Waals surface area contributed by atoms with E-state index in [1.165, 1.54) is 15.6 Å². The Balaban J connectivity index is 1.27. The van der Waals surface area contributed by atoms with E-state index in [4.69, 9.17) is 0 Å². The molecular weight excluding hydrogens is 599 g/mol. The molecule has 48 heavy (non-hydrogen) atoms. The first-order chi connectivity index (χ1) is 23.7. The zero-order chi connectivity index (χ0) is 32.5. The molecule has 0 saturated carbocycles. The van der Waals surface area contributed by atoms with Crippen LogP contribution in [0.2, 0.25) is 0 Å². The fourth-order valence-electron chi connectivity index (χ4n) is 7.30. The van der Waals surface area contributed by atoms with Crippen molar-refractivity contribution in [2.45, 2.75) is 0 Å². The van der Waals surface area contributed by atoms with Crippen LogP contribution < -0.4 is 20.7 Å². The van der Waals surface area contributed by atoms with Gasteiger partial charge in [-0.25, -0.2) is 0 Å². The summed E-state index contributed by atoms with van der Waals surface area (Å²) in [7, 11) is -2.84. The van der Waals surface area contributed by atoms with E-state index >= 15 is 0 Å². The number of nitriles is 2. The van der Waals surface area contributed by atoms with Crippen LogP contribution in [0.1, 0.15) is 11.1 Å². The van der Waals surface area contributed by atoms with Gasteiger partial charge in [0.25, 0.3) is 0 Å². The second-order valence-corrected chi connectivity index (χ2v) is 15.7. The summed E-state index contributed by atoms with van der Waals surface area (Å²) in [6, 6.07) is 66.1. The van der Waals surface area contributed by atoms with Gasteiger partial charge in [-0.05, 0) is 74.3 Å². The highest BCUT2D eigenvalue weighted by molar-refractivity contribution is 7.20. The number of rotatable bonds is 6. The van der Waals surface area contributed by atoms with Gasteiger partial charge in [0, 0.05) is 16.5 Å².